The van der Waals surface area contributed by atoms with Gasteiger partial charge in [-0.05, 0) is 35.0 Å². The Labute approximate surface area is 111 Å². The Bertz CT molecular complexity index is 206. The molecule has 0 heteroatoms. The van der Waals surface area contributed by atoms with E-state index in [1.54, 1.807) is 0 Å². The Morgan fingerprint density at radius 2 is 1.24 bits per heavy atom. The van der Waals surface area contributed by atoms with E-state index in [-0.39, 0.29) is 0 Å². The van der Waals surface area contributed by atoms with Gasteiger partial charge in [-0.2, -0.15) is 0 Å². The maximum Gasteiger partial charge on any atom is -0.0300 e. The summed E-state index contributed by atoms with van der Waals surface area (Å²) in [6.07, 6.45) is 3.99. The van der Waals surface area contributed by atoms with Gasteiger partial charge in [-0.3, -0.25) is 0 Å². The van der Waals surface area contributed by atoms with E-state index in [1.807, 2.05) is 0 Å². The van der Waals surface area contributed by atoms with Crippen LogP contribution in [-0.2, 0) is 0 Å². The van der Waals surface area contributed by atoms with Gasteiger partial charge in [0.1, 0.15) is 0 Å². The molecular formula is C17H36. The molecule has 0 rings (SSSR count). The van der Waals surface area contributed by atoms with E-state index in [1.165, 1.54) is 19.3 Å². The van der Waals surface area contributed by atoms with Crippen molar-refractivity contribution < 1.29 is 0 Å². The van der Waals surface area contributed by atoms with E-state index in [2.05, 4.69) is 62.3 Å². The monoisotopic (exact) mass is 240 g/mol. The molecule has 0 saturated heterocycles. The van der Waals surface area contributed by atoms with Crippen molar-refractivity contribution >= 4 is 0 Å². The minimum absolute atomic E-state index is 0.444. The molecule has 104 valence electrons. The Morgan fingerprint density at radius 1 is 0.824 bits per heavy atom. The second-order valence-electron chi connectivity index (χ2n) is 7.55. The Hall–Kier alpha value is 0. The third-order valence-corrected chi connectivity index (χ3v) is 5.67. The summed E-state index contributed by atoms with van der Waals surface area (Å²) in [7, 11) is 0. The van der Waals surface area contributed by atoms with Crippen molar-refractivity contribution in [2.75, 3.05) is 0 Å². The lowest BCUT2D eigenvalue weighted by molar-refractivity contribution is 0.0474. The lowest BCUT2D eigenvalue weighted by Crippen LogP contribution is -2.36. The van der Waals surface area contributed by atoms with Gasteiger partial charge in [0.05, 0.1) is 0 Å². The van der Waals surface area contributed by atoms with Crippen LogP contribution in [0.2, 0.25) is 0 Å². The van der Waals surface area contributed by atoms with Crippen molar-refractivity contribution in [3.63, 3.8) is 0 Å². The van der Waals surface area contributed by atoms with E-state index in [9.17, 15) is 0 Å². The predicted molar refractivity (Wildman–Crippen MR) is 80.3 cm³/mol. The highest BCUT2D eigenvalue weighted by Crippen LogP contribution is 2.47. The molecule has 0 aliphatic heterocycles. The molecule has 0 fully saturated rings. The molecule has 0 heterocycles. The van der Waals surface area contributed by atoms with Gasteiger partial charge in [0.15, 0.2) is 0 Å². The van der Waals surface area contributed by atoms with Gasteiger partial charge in [-0.15, -0.1) is 0 Å². The van der Waals surface area contributed by atoms with Gasteiger partial charge < -0.3 is 0 Å². The molecular weight excluding hydrogens is 204 g/mol. The lowest BCUT2D eigenvalue weighted by atomic mass is 9.60. The molecule has 0 bridgehead atoms. The third-order valence-electron chi connectivity index (χ3n) is 5.67. The fourth-order valence-electron chi connectivity index (χ4n) is 2.86. The maximum absolute atomic E-state index is 2.47. The van der Waals surface area contributed by atoms with Crippen LogP contribution in [0.5, 0.6) is 0 Å². The van der Waals surface area contributed by atoms with Crippen LogP contribution in [0.1, 0.15) is 81.6 Å². The van der Waals surface area contributed by atoms with Crippen LogP contribution in [0.25, 0.3) is 0 Å². The van der Waals surface area contributed by atoms with Gasteiger partial charge in [0.2, 0.25) is 0 Å². The van der Waals surface area contributed by atoms with Crippen LogP contribution in [0.3, 0.4) is 0 Å². The van der Waals surface area contributed by atoms with Crippen LogP contribution in [0.15, 0.2) is 0 Å². The van der Waals surface area contributed by atoms with Crippen molar-refractivity contribution in [3.8, 4) is 0 Å². The Kier molecular flexibility index (Phi) is 6.25. The highest BCUT2D eigenvalue weighted by Gasteiger charge is 2.38. The summed E-state index contributed by atoms with van der Waals surface area (Å²) < 4.78 is 0. The summed E-state index contributed by atoms with van der Waals surface area (Å²) in [5.41, 5.74) is 0.973. The molecule has 0 nitrogen and oxygen atoms in total. The second-order valence-corrected chi connectivity index (χ2v) is 7.55. The molecule has 17 heavy (non-hydrogen) atoms. The number of hydrogen-bond donors (Lipinski definition) is 0. The predicted octanol–water partition coefficient (Wildman–Crippen LogP) is 6.16. The van der Waals surface area contributed by atoms with Crippen molar-refractivity contribution in [1.29, 1.82) is 0 Å². The normalized spacial score (nSPS) is 15.7. The summed E-state index contributed by atoms with van der Waals surface area (Å²) >= 11 is 0. The summed E-state index contributed by atoms with van der Waals surface area (Å²) in [6, 6.07) is 0. The molecule has 0 N–H and O–H groups in total. The molecule has 1 unspecified atom stereocenters. The first-order valence-corrected chi connectivity index (χ1v) is 7.60. The van der Waals surface area contributed by atoms with Gasteiger partial charge in [0.25, 0.3) is 0 Å². The fourth-order valence-corrected chi connectivity index (χ4v) is 2.86. The summed E-state index contributed by atoms with van der Waals surface area (Å²) in [4.78, 5) is 0. The Morgan fingerprint density at radius 3 is 1.47 bits per heavy atom. The van der Waals surface area contributed by atoms with Gasteiger partial charge in [-0.25, -0.2) is 0 Å². The average molecular weight is 240 g/mol. The van der Waals surface area contributed by atoms with Crippen molar-refractivity contribution in [2.45, 2.75) is 81.6 Å². The lowest BCUT2D eigenvalue weighted by Gasteiger charge is -2.45. The fraction of sp³-hybridized carbons (Fsp3) is 1.00. The number of hydrogen-bond acceptors (Lipinski definition) is 0. The van der Waals surface area contributed by atoms with E-state index < -0.39 is 0 Å². The highest BCUT2D eigenvalue weighted by atomic mass is 14.4. The zero-order valence-electron chi connectivity index (χ0n) is 13.9. The molecule has 0 saturated carbocycles. The van der Waals surface area contributed by atoms with E-state index in [4.69, 9.17) is 0 Å². The van der Waals surface area contributed by atoms with Crippen LogP contribution in [0, 0.1) is 28.6 Å². The molecule has 0 aromatic heterocycles. The van der Waals surface area contributed by atoms with Crippen molar-refractivity contribution in [2.24, 2.45) is 28.6 Å². The standard InChI is InChI=1S/C17H36/c1-10-17(9,11-2)12-15(13(3)4)16(7,8)14(5)6/h13-15H,10-12H2,1-9H3. The van der Waals surface area contributed by atoms with Crippen LogP contribution >= 0.6 is 0 Å². The molecule has 1 atom stereocenters. The molecule has 0 aromatic carbocycles. The zero-order valence-corrected chi connectivity index (χ0v) is 13.9. The number of rotatable bonds is 7. The van der Waals surface area contributed by atoms with Gasteiger partial charge >= 0.3 is 0 Å². The first kappa shape index (κ1) is 17.0. The second kappa shape index (κ2) is 6.25. The maximum atomic E-state index is 2.47. The highest BCUT2D eigenvalue weighted by molar-refractivity contribution is 4.87. The molecule has 0 aliphatic carbocycles. The van der Waals surface area contributed by atoms with Crippen molar-refractivity contribution in [3.05, 3.63) is 0 Å². The summed E-state index contributed by atoms with van der Waals surface area (Å²) in [5, 5.41) is 0. The van der Waals surface area contributed by atoms with Gasteiger partial charge in [-0.1, -0.05) is 75.2 Å². The zero-order chi connectivity index (χ0) is 13.9. The molecule has 0 aliphatic rings. The average Bonchev–Trinajstić information content (AvgIpc) is 2.24. The topological polar surface area (TPSA) is 0 Å². The quantitative estimate of drug-likeness (QED) is 0.500. The third kappa shape index (κ3) is 4.30. The first-order chi connectivity index (χ1) is 7.60. The summed E-state index contributed by atoms with van der Waals surface area (Å²) in [5.74, 6) is 2.37. The molecule has 0 radical (unpaired) electrons. The van der Waals surface area contributed by atoms with E-state index >= 15 is 0 Å². The molecule has 0 amide bonds. The first-order valence-electron chi connectivity index (χ1n) is 7.60. The SMILES string of the molecule is CCC(C)(CC)CC(C(C)C)C(C)(C)C(C)C. The van der Waals surface area contributed by atoms with Crippen LogP contribution < -0.4 is 0 Å². The molecule has 0 spiro atoms. The largest absolute Gasteiger partial charge is 0.0649 e. The smallest absolute Gasteiger partial charge is 0.0300 e. The summed E-state index contributed by atoms with van der Waals surface area (Å²) in [6.45, 7) is 21.7. The molecule has 0 aromatic rings. The minimum Gasteiger partial charge on any atom is -0.0649 e. The Balaban J connectivity index is 5.01. The van der Waals surface area contributed by atoms with Crippen LogP contribution in [0.4, 0.5) is 0 Å². The van der Waals surface area contributed by atoms with E-state index in [0.29, 0.717) is 10.8 Å². The van der Waals surface area contributed by atoms with Crippen LogP contribution in [-0.4, -0.2) is 0 Å². The minimum atomic E-state index is 0.444. The van der Waals surface area contributed by atoms with E-state index in [0.717, 1.165) is 17.8 Å². The van der Waals surface area contributed by atoms with Gasteiger partial charge in [0, 0.05) is 0 Å². The van der Waals surface area contributed by atoms with Crippen molar-refractivity contribution in [1.82, 2.24) is 0 Å².